The topological polar surface area (TPSA) is 93.1 Å². The van der Waals surface area contributed by atoms with Gasteiger partial charge in [-0.2, -0.15) is 0 Å². The van der Waals surface area contributed by atoms with Gasteiger partial charge in [-0.1, -0.05) is 42.5 Å². The molecule has 0 aliphatic heterocycles. The van der Waals surface area contributed by atoms with Crippen molar-refractivity contribution in [2.75, 3.05) is 6.61 Å². The first kappa shape index (κ1) is 20.1. The van der Waals surface area contributed by atoms with Crippen LogP contribution >= 0.6 is 11.6 Å². The number of hydrogen-bond acceptors (Lipinski definition) is 6. The van der Waals surface area contributed by atoms with Gasteiger partial charge in [-0.3, -0.25) is 0 Å². The van der Waals surface area contributed by atoms with E-state index in [-0.39, 0.29) is 0 Å². The lowest BCUT2D eigenvalue weighted by Crippen LogP contribution is -2.60. The molecule has 6 nitrogen and oxygen atoms in total. The number of carbonyl (C=O) groups is 2. The highest BCUT2D eigenvalue weighted by Crippen LogP contribution is 2.31. The number of halogens is 1. The van der Waals surface area contributed by atoms with Crippen LogP contribution in [0.4, 0.5) is 0 Å². The summed E-state index contributed by atoms with van der Waals surface area (Å²) in [6, 6.07) is 16.5. The molecule has 0 saturated heterocycles. The first-order chi connectivity index (χ1) is 13.4. The van der Waals surface area contributed by atoms with Crippen LogP contribution in [0.5, 0.6) is 0 Å². The van der Waals surface area contributed by atoms with Gasteiger partial charge < -0.3 is 19.7 Å². The molecule has 0 unspecified atom stereocenters. The van der Waals surface area contributed by atoms with Gasteiger partial charge in [-0.05, 0) is 30.3 Å². The predicted molar refractivity (Wildman–Crippen MR) is 102 cm³/mol. The van der Waals surface area contributed by atoms with E-state index in [0.717, 1.165) is 0 Å². The summed E-state index contributed by atoms with van der Waals surface area (Å²) in [4.78, 5) is 24.4. The van der Waals surface area contributed by atoms with Gasteiger partial charge in [0.05, 0.1) is 16.5 Å². The Labute approximate surface area is 167 Å². The average Bonchev–Trinajstić information content (AvgIpc) is 2.74. The zero-order valence-corrected chi connectivity index (χ0v) is 15.5. The summed E-state index contributed by atoms with van der Waals surface area (Å²) in [7, 11) is 0. The zero-order chi connectivity index (χ0) is 20.1. The number of carbonyl (C=O) groups excluding carboxylic acids is 2. The molecule has 0 bridgehead atoms. The maximum absolute atomic E-state index is 12.2. The number of rotatable bonds is 5. The van der Waals surface area contributed by atoms with E-state index in [0.29, 0.717) is 11.1 Å². The number of hydrogen-bond donors (Lipinski definition) is 2. The van der Waals surface area contributed by atoms with E-state index >= 15 is 0 Å². The SMILES string of the molecule is O=C(OC[C@]1(O)[C@H](Cl)C=C[C@H](OC(=O)c2ccccc2)[C@H]1O)c1ccccc1. The summed E-state index contributed by atoms with van der Waals surface area (Å²) >= 11 is 6.14. The normalized spacial score (nSPS) is 26.5. The minimum Gasteiger partial charge on any atom is -0.459 e. The van der Waals surface area contributed by atoms with E-state index in [1.807, 2.05) is 0 Å². The van der Waals surface area contributed by atoms with Crippen molar-refractivity contribution in [1.82, 2.24) is 0 Å². The van der Waals surface area contributed by atoms with Gasteiger partial charge in [0.2, 0.25) is 0 Å². The largest absolute Gasteiger partial charge is 0.459 e. The first-order valence-electron chi connectivity index (χ1n) is 8.63. The van der Waals surface area contributed by atoms with Gasteiger partial charge in [-0.15, -0.1) is 11.6 Å². The highest BCUT2D eigenvalue weighted by atomic mass is 35.5. The van der Waals surface area contributed by atoms with E-state index < -0.39 is 41.7 Å². The Morgan fingerprint density at radius 3 is 2.04 bits per heavy atom. The Balaban J connectivity index is 1.69. The van der Waals surface area contributed by atoms with Crippen molar-refractivity contribution in [3.8, 4) is 0 Å². The number of ether oxygens (including phenoxy) is 2. The van der Waals surface area contributed by atoms with Crippen LogP contribution in [-0.2, 0) is 9.47 Å². The van der Waals surface area contributed by atoms with Gasteiger partial charge in [-0.25, -0.2) is 9.59 Å². The molecular weight excluding hydrogens is 384 g/mol. The molecule has 3 rings (SSSR count). The van der Waals surface area contributed by atoms with Crippen LogP contribution in [0, 0.1) is 0 Å². The van der Waals surface area contributed by atoms with Crippen molar-refractivity contribution in [3.05, 3.63) is 83.9 Å². The second-order valence-corrected chi connectivity index (χ2v) is 6.87. The van der Waals surface area contributed by atoms with Gasteiger partial charge in [0.15, 0.2) is 0 Å². The van der Waals surface area contributed by atoms with Crippen LogP contribution in [-0.4, -0.2) is 51.9 Å². The zero-order valence-electron chi connectivity index (χ0n) is 14.8. The highest BCUT2D eigenvalue weighted by Gasteiger charge is 2.50. The van der Waals surface area contributed by atoms with Crippen molar-refractivity contribution in [2.45, 2.75) is 23.2 Å². The summed E-state index contributed by atoms with van der Waals surface area (Å²) in [5.74, 6) is -1.33. The Morgan fingerprint density at radius 2 is 1.46 bits per heavy atom. The molecule has 0 aromatic heterocycles. The molecule has 4 atom stereocenters. The van der Waals surface area contributed by atoms with Gasteiger partial charge >= 0.3 is 11.9 Å². The smallest absolute Gasteiger partial charge is 0.338 e. The van der Waals surface area contributed by atoms with E-state index in [2.05, 4.69) is 0 Å². The molecule has 7 heteroatoms. The third-order valence-corrected chi connectivity index (χ3v) is 4.99. The van der Waals surface area contributed by atoms with Crippen molar-refractivity contribution in [2.24, 2.45) is 0 Å². The van der Waals surface area contributed by atoms with Crippen molar-refractivity contribution in [3.63, 3.8) is 0 Å². The molecule has 0 spiro atoms. The minimum atomic E-state index is -2.03. The van der Waals surface area contributed by atoms with Crippen LogP contribution in [0.15, 0.2) is 72.8 Å². The van der Waals surface area contributed by atoms with Gasteiger partial charge in [0.1, 0.15) is 24.4 Å². The Morgan fingerprint density at radius 1 is 0.929 bits per heavy atom. The average molecular weight is 403 g/mol. The van der Waals surface area contributed by atoms with Crippen LogP contribution in [0.1, 0.15) is 20.7 Å². The van der Waals surface area contributed by atoms with E-state index in [1.54, 1.807) is 60.7 Å². The summed E-state index contributed by atoms with van der Waals surface area (Å²) < 4.78 is 10.4. The third-order valence-electron chi connectivity index (χ3n) is 4.47. The fraction of sp³-hybridized carbons (Fsp3) is 0.238. The monoisotopic (exact) mass is 402 g/mol. The maximum atomic E-state index is 12.2. The third kappa shape index (κ3) is 4.25. The highest BCUT2D eigenvalue weighted by molar-refractivity contribution is 6.22. The van der Waals surface area contributed by atoms with Crippen LogP contribution in [0.2, 0.25) is 0 Å². The molecule has 1 aliphatic rings. The number of aliphatic hydroxyl groups is 2. The molecule has 2 aromatic rings. The molecule has 28 heavy (non-hydrogen) atoms. The summed E-state index contributed by atoms with van der Waals surface area (Å²) in [6.07, 6.45) is 0.0592. The summed E-state index contributed by atoms with van der Waals surface area (Å²) in [5.41, 5.74) is -1.43. The molecule has 0 amide bonds. The second-order valence-electron chi connectivity index (χ2n) is 6.40. The number of benzene rings is 2. The van der Waals surface area contributed by atoms with Crippen LogP contribution in [0.3, 0.4) is 0 Å². The lowest BCUT2D eigenvalue weighted by Gasteiger charge is -2.40. The van der Waals surface area contributed by atoms with Crippen LogP contribution < -0.4 is 0 Å². The molecule has 0 heterocycles. The second kappa shape index (κ2) is 8.56. The van der Waals surface area contributed by atoms with E-state index in [9.17, 15) is 19.8 Å². The van der Waals surface area contributed by atoms with Crippen molar-refractivity contribution in [1.29, 1.82) is 0 Å². The molecule has 0 fully saturated rings. The van der Waals surface area contributed by atoms with Gasteiger partial charge in [0, 0.05) is 0 Å². The predicted octanol–water partition coefficient (Wildman–Crippen LogP) is 2.34. The van der Waals surface area contributed by atoms with Crippen molar-refractivity contribution >= 4 is 23.5 Å². The summed E-state index contributed by atoms with van der Waals surface area (Å²) in [5, 5.41) is 20.4. The molecule has 2 N–H and O–H groups in total. The molecule has 0 saturated carbocycles. The molecule has 0 radical (unpaired) electrons. The first-order valence-corrected chi connectivity index (χ1v) is 9.06. The molecule has 2 aromatic carbocycles. The molecular formula is C21H19ClO6. The summed E-state index contributed by atoms with van der Waals surface area (Å²) in [6.45, 7) is -0.570. The number of alkyl halides is 1. The lowest BCUT2D eigenvalue weighted by molar-refractivity contribution is -0.140. The molecule has 1 aliphatic carbocycles. The van der Waals surface area contributed by atoms with E-state index in [1.165, 1.54) is 12.2 Å². The number of aliphatic hydroxyl groups excluding tert-OH is 1. The lowest BCUT2D eigenvalue weighted by atomic mass is 9.84. The fourth-order valence-electron chi connectivity index (χ4n) is 2.80. The van der Waals surface area contributed by atoms with Crippen molar-refractivity contribution < 1.29 is 29.3 Å². The van der Waals surface area contributed by atoms with E-state index in [4.69, 9.17) is 21.1 Å². The Kier molecular flexibility index (Phi) is 6.14. The Hall–Kier alpha value is -2.67. The standard InChI is InChI=1S/C21H19ClO6/c22-17-12-11-16(28-20(25)15-9-5-2-6-10-15)18(23)21(17,26)13-27-19(24)14-7-3-1-4-8-14/h1-12,16-18,23,26H,13H2/t16-,17+,18+,21-/m0/s1. The quantitative estimate of drug-likeness (QED) is 0.453. The van der Waals surface area contributed by atoms with Gasteiger partial charge in [0.25, 0.3) is 0 Å². The van der Waals surface area contributed by atoms with Crippen LogP contribution in [0.25, 0.3) is 0 Å². The fourth-order valence-corrected chi connectivity index (χ4v) is 3.08. The number of esters is 2. The minimum absolute atomic E-state index is 0.296. The maximum Gasteiger partial charge on any atom is 0.338 e. The molecule has 146 valence electrons. The Bertz CT molecular complexity index is 854.